The average Bonchev–Trinajstić information content (AvgIpc) is 2.40. The third kappa shape index (κ3) is 6.24. The van der Waals surface area contributed by atoms with Crippen LogP contribution < -0.4 is 10.2 Å². The molecular formula is C14H10EuO6. The van der Waals surface area contributed by atoms with Crippen molar-refractivity contribution in [2.24, 2.45) is 0 Å². The molecule has 2 rings (SSSR count). The van der Waals surface area contributed by atoms with Crippen LogP contribution in [0.5, 0.6) is 11.5 Å². The van der Waals surface area contributed by atoms with Crippen LogP contribution in [-0.2, 0) is 0 Å². The normalized spacial score (nSPS) is 8.76. The summed E-state index contributed by atoms with van der Waals surface area (Å²) in [6.07, 6.45) is 0. The molecule has 0 aromatic heterocycles. The summed E-state index contributed by atoms with van der Waals surface area (Å²) in [5.41, 5.74) is -0.356. The van der Waals surface area contributed by atoms with E-state index in [4.69, 9.17) is 10.2 Å². The van der Waals surface area contributed by atoms with Crippen LogP contribution in [-0.4, -0.2) is 22.2 Å². The SMILES string of the molecule is O=C([O-])c1ccccc1O.O=C([O-])c1ccccc1O.[Eu+2]. The smallest absolute Gasteiger partial charge is 0.545 e. The van der Waals surface area contributed by atoms with Crippen LogP contribution in [0.1, 0.15) is 20.7 Å². The molecule has 0 spiro atoms. The summed E-state index contributed by atoms with van der Waals surface area (Å²) in [4.78, 5) is 20.3. The molecular weight excluding hydrogens is 416 g/mol. The predicted molar refractivity (Wildman–Crippen MR) is 64.9 cm³/mol. The number of phenols is 2. The van der Waals surface area contributed by atoms with E-state index in [1.54, 1.807) is 12.1 Å². The van der Waals surface area contributed by atoms with Crippen LogP contribution in [0.25, 0.3) is 0 Å². The Morgan fingerprint density at radius 3 is 1.19 bits per heavy atom. The van der Waals surface area contributed by atoms with E-state index in [2.05, 4.69) is 0 Å². The Bertz CT molecular complexity index is 571. The Balaban J connectivity index is 0.000000364. The summed E-state index contributed by atoms with van der Waals surface area (Å²) in [5.74, 6) is -3.25. The molecule has 2 aromatic carbocycles. The molecule has 2 aromatic rings. The second-order valence-corrected chi connectivity index (χ2v) is 3.61. The molecule has 0 aliphatic carbocycles. The van der Waals surface area contributed by atoms with Gasteiger partial charge in [-0.1, -0.05) is 24.3 Å². The van der Waals surface area contributed by atoms with Crippen molar-refractivity contribution in [3.8, 4) is 11.5 Å². The maximum atomic E-state index is 10.2. The van der Waals surface area contributed by atoms with Crippen LogP contribution in [0.2, 0.25) is 0 Å². The number of aromatic carboxylic acids is 2. The van der Waals surface area contributed by atoms with Crippen LogP contribution >= 0.6 is 0 Å². The van der Waals surface area contributed by atoms with E-state index >= 15 is 0 Å². The number of carboxylic acids is 2. The fraction of sp³-hybridized carbons (Fsp3) is 0. The second-order valence-electron chi connectivity index (χ2n) is 3.61. The van der Waals surface area contributed by atoms with E-state index in [0.29, 0.717) is 0 Å². The summed E-state index contributed by atoms with van der Waals surface area (Å²) < 4.78 is 0. The fourth-order valence-electron chi connectivity index (χ4n) is 1.29. The van der Waals surface area contributed by atoms with Gasteiger partial charge in [-0.25, -0.2) is 0 Å². The van der Waals surface area contributed by atoms with Crippen molar-refractivity contribution in [3.05, 3.63) is 59.7 Å². The minimum atomic E-state index is -1.36. The number of para-hydroxylation sites is 2. The minimum absolute atomic E-state index is 0. The van der Waals surface area contributed by atoms with Gasteiger partial charge in [-0.3, -0.25) is 0 Å². The third-order valence-electron chi connectivity index (χ3n) is 2.25. The third-order valence-corrected chi connectivity index (χ3v) is 2.25. The molecule has 0 aliphatic heterocycles. The van der Waals surface area contributed by atoms with Gasteiger partial charge in [-0.15, -0.1) is 0 Å². The Morgan fingerprint density at radius 1 is 0.714 bits per heavy atom. The molecule has 0 saturated carbocycles. The Labute approximate surface area is 161 Å². The van der Waals surface area contributed by atoms with E-state index < -0.39 is 11.9 Å². The van der Waals surface area contributed by atoms with Gasteiger partial charge in [-0.05, 0) is 24.3 Å². The summed E-state index contributed by atoms with van der Waals surface area (Å²) in [7, 11) is 0. The van der Waals surface area contributed by atoms with Gasteiger partial charge >= 0.3 is 49.4 Å². The fourth-order valence-corrected chi connectivity index (χ4v) is 1.29. The van der Waals surface area contributed by atoms with Crippen molar-refractivity contribution in [3.63, 3.8) is 0 Å². The van der Waals surface area contributed by atoms with Crippen LogP contribution in [0.15, 0.2) is 48.5 Å². The van der Waals surface area contributed by atoms with Gasteiger partial charge in [0.05, 0.1) is 11.9 Å². The Kier molecular flexibility index (Phi) is 8.84. The molecule has 0 heterocycles. The molecule has 0 aliphatic rings. The van der Waals surface area contributed by atoms with Gasteiger partial charge in [0.2, 0.25) is 0 Å². The second kappa shape index (κ2) is 9.49. The minimum Gasteiger partial charge on any atom is -0.545 e. The first-order chi connectivity index (χ1) is 9.43. The first-order valence-electron chi connectivity index (χ1n) is 5.42. The van der Waals surface area contributed by atoms with Crippen LogP contribution in [0.4, 0.5) is 0 Å². The van der Waals surface area contributed by atoms with E-state index in [1.807, 2.05) is 0 Å². The molecule has 21 heavy (non-hydrogen) atoms. The number of carbonyl (C=O) groups excluding carboxylic acids is 2. The van der Waals surface area contributed by atoms with Crippen LogP contribution in [0.3, 0.4) is 0 Å². The standard InChI is InChI=1S/2C7H6O3.Eu/c2*8-6-4-2-1-3-5(6)7(9)10;/h2*1-4,8H,(H,9,10);/q;;+2/p-2. The van der Waals surface area contributed by atoms with E-state index in [9.17, 15) is 19.8 Å². The number of benzene rings is 2. The van der Waals surface area contributed by atoms with Crippen LogP contribution in [0, 0.1) is 49.4 Å². The molecule has 0 bridgehead atoms. The summed E-state index contributed by atoms with van der Waals surface area (Å²) in [6, 6.07) is 11.3. The zero-order valence-electron chi connectivity index (χ0n) is 10.5. The zero-order valence-corrected chi connectivity index (χ0v) is 12.9. The van der Waals surface area contributed by atoms with Gasteiger partial charge in [0, 0.05) is 11.1 Å². The van der Waals surface area contributed by atoms with Crippen molar-refractivity contribution in [1.29, 1.82) is 0 Å². The Hall–Kier alpha value is -1.44. The maximum absolute atomic E-state index is 10.2. The van der Waals surface area contributed by atoms with Crippen molar-refractivity contribution >= 4 is 11.9 Å². The number of rotatable bonds is 2. The first-order valence-corrected chi connectivity index (χ1v) is 5.42. The number of carboxylic acid groups (broad SMARTS) is 2. The van der Waals surface area contributed by atoms with E-state index in [1.165, 1.54) is 36.4 Å². The van der Waals surface area contributed by atoms with Gasteiger partial charge in [0.15, 0.2) is 0 Å². The molecule has 109 valence electrons. The quantitative estimate of drug-likeness (QED) is 0.669. The number of carbonyl (C=O) groups is 2. The Morgan fingerprint density at radius 2 is 1.00 bits per heavy atom. The topological polar surface area (TPSA) is 121 Å². The average molecular weight is 426 g/mol. The molecule has 0 fully saturated rings. The summed E-state index contributed by atoms with van der Waals surface area (Å²) in [5, 5.41) is 38.0. The van der Waals surface area contributed by atoms with Gasteiger partial charge in [0.1, 0.15) is 11.5 Å². The monoisotopic (exact) mass is 427 g/mol. The zero-order chi connectivity index (χ0) is 15.1. The molecule has 0 saturated heterocycles. The number of aromatic hydroxyl groups is 2. The predicted octanol–water partition coefficient (Wildman–Crippen LogP) is -0.489. The molecule has 0 amide bonds. The van der Waals surface area contributed by atoms with Crippen molar-refractivity contribution in [1.82, 2.24) is 0 Å². The molecule has 0 unspecified atom stereocenters. The van der Waals surface area contributed by atoms with E-state index in [0.717, 1.165) is 0 Å². The summed E-state index contributed by atoms with van der Waals surface area (Å²) >= 11 is 0. The molecule has 0 atom stereocenters. The molecule has 1 radical (unpaired) electrons. The van der Waals surface area contributed by atoms with Gasteiger partial charge in [-0.2, -0.15) is 0 Å². The molecule has 2 N–H and O–H groups in total. The van der Waals surface area contributed by atoms with Crippen molar-refractivity contribution in [2.45, 2.75) is 0 Å². The van der Waals surface area contributed by atoms with E-state index in [-0.39, 0.29) is 72.0 Å². The molecule has 6 nitrogen and oxygen atoms in total. The number of hydrogen-bond acceptors (Lipinski definition) is 6. The largest absolute Gasteiger partial charge is 2.00 e. The summed E-state index contributed by atoms with van der Waals surface area (Å²) in [6.45, 7) is 0. The first kappa shape index (κ1) is 19.6. The number of hydrogen-bond donors (Lipinski definition) is 2. The van der Waals surface area contributed by atoms with Gasteiger partial charge in [0.25, 0.3) is 0 Å². The van der Waals surface area contributed by atoms with Crippen molar-refractivity contribution in [2.75, 3.05) is 0 Å². The maximum Gasteiger partial charge on any atom is 2.00 e. The molecule has 7 heteroatoms. The van der Waals surface area contributed by atoms with Crippen molar-refractivity contribution < 1.29 is 79.4 Å². The van der Waals surface area contributed by atoms with Gasteiger partial charge < -0.3 is 30.0 Å².